The maximum atomic E-state index is 12.9. The van der Waals surface area contributed by atoms with Crippen molar-refractivity contribution in [3.05, 3.63) is 78.4 Å². The zero-order valence-electron chi connectivity index (χ0n) is 13.7. The summed E-state index contributed by atoms with van der Waals surface area (Å²) in [4.78, 5) is 12.6. The number of hydrogen-bond acceptors (Lipinski definition) is 3. The first-order chi connectivity index (χ1) is 12.1. The minimum Gasteiger partial charge on any atom is -0.491 e. The van der Waals surface area contributed by atoms with Crippen LogP contribution in [0.4, 0.5) is 4.39 Å². The standard InChI is InChI=1S/C19H18FN3O2/c1-14(13-25-16-9-7-15(20)8-10-16)22-19(24)17-5-2-3-6-18(17)23-12-4-11-21-23/h2-12,14H,13H2,1H3,(H,22,24). The Morgan fingerprint density at radius 1 is 1.20 bits per heavy atom. The second kappa shape index (κ2) is 7.61. The minimum absolute atomic E-state index is 0.207. The fourth-order valence-corrected chi connectivity index (χ4v) is 2.37. The predicted molar refractivity (Wildman–Crippen MR) is 92.4 cm³/mol. The van der Waals surface area contributed by atoms with E-state index >= 15 is 0 Å². The number of carbonyl (C=O) groups is 1. The molecule has 3 rings (SSSR count). The fourth-order valence-electron chi connectivity index (χ4n) is 2.37. The number of amides is 1. The first-order valence-corrected chi connectivity index (χ1v) is 7.92. The van der Waals surface area contributed by atoms with Gasteiger partial charge in [0, 0.05) is 12.4 Å². The van der Waals surface area contributed by atoms with Gasteiger partial charge >= 0.3 is 0 Å². The number of benzene rings is 2. The SMILES string of the molecule is CC(COc1ccc(F)cc1)NC(=O)c1ccccc1-n1cccn1. The average Bonchev–Trinajstić information content (AvgIpc) is 3.16. The maximum Gasteiger partial charge on any atom is 0.253 e. The molecule has 128 valence electrons. The molecular formula is C19H18FN3O2. The van der Waals surface area contributed by atoms with Gasteiger partial charge in [-0.25, -0.2) is 9.07 Å². The molecule has 5 nitrogen and oxygen atoms in total. The van der Waals surface area contributed by atoms with Gasteiger partial charge in [-0.3, -0.25) is 4.79 Å². The Morgan fingerprint density at radius 3 is 2.68 bits per heavy atom. The van der Waals surface area contributed by atoms with Gasteiger partial charge in [0.2, 0.25) is 0 Å². The number of rotatable bonds is 6. The van der Waals surface area contributed by atoms with E-state index in [4.69, 9.17) is 4.74 Å². The van der Waals surface area contributed by atoms with Crippen LogP contribution in [0, 0.1) is 5.82 Å². The third-order valence-electron chi connectivity index (χ3n) is 3.59. The number of aromatic nitrogens is 2. The van der Waals surface area contributed by atoms with E-state index in [0.717, 1.165) is 0 Å². The van der Waals surface area contributed by atoms with Crippen LogP contribution in [-0.4, -0.2) is 28.3 Å². The molecule has 0 saturated heterocycles. The quantitative estimate of drug-likeness (QED) is 0.750. The third-order valence-corrected chi connectivity index (χ3v) is 3.59. The first-order valence-electron chi connectivity index (χ1n) is 7.92. The molecule has 0 fully saturated rings. The number of halogens is 1. The second-order valence-electron chi connectivity index (χ2n) is 5.61. The molecule has 0 bridgehead atoms. The van der Waals surface area contributed by atoms with Crippen LogP contribution in [0.2, 0.25) is 0 Å². The van der Waals surface area contributed by atoms with Crippen LogP contribution in [0.15, 0.2) is 67.0 Å². The Kier molecular flexibility index (Phi) is 5.09. The van der Waals surface area contributed by atoms with Gasteiger partial charge in [-0.1, -0.05) is 12.1 Å². The molecule has 0 spiro atoms. The van der Waals surface area contributed by atoms with Gasteiger partial charge in [-0.15, -0.1) is 0 Å². The average molecular weight is 339 g/mol. The molecule has 0 aliphatic carbocycles. The fraction of sp³-hybridized carbons (Fsp3) is 0.158. The van der Waals surface area contributed by atoms with Gasteiger partial charge in [-0.05, 0) is 49.4 Å². The number of carbonyl (C=O) groups excluding carboxylic acids is 1. The molecule has 1 amide bonds. The van der Waals surface area contributed by atoms with Crippen LogP contribution in [0.5, 0.6) is 5.75 Å². The molecule has 0 saturated carbocycles. The van der Waals surface area contributed by atoms with Gasteiger partial charge in [0.05, 0.1) is 17.3 Å². The van der Waals surface area contributed by atoms with Crippen LogP contribution in [0.1, 0.15) is 17.3 Å². The Bertz CT molecular complexity index is 832. The highest BCUT2D eigenvalue weighted by Gasteiger charge is 2.15. The highest BCUT2D eigenvalue weighted by Crippen LogP contribution is 2.14. The van der Waals surface area contributed by atoms with E-state index in [1.807, 2.05) is 25.1 Å². The smallest absolute Gasteiger partial charge is 0.253 e. The summed E-state index contributed by atoms with van der Waals surface area (Å²) in [5.41, 5.74) is 1.23. The second-order valence-corrected chi connectivity index (χ2v) is 5.61. The topological polar surface area (TPSA) is 56.1 Å². The summed E-state index contributed by atoms with van der Waals surface area (Å²) in [6.07, 6.45) is 3.45. The van der Waals surface area contributed by atoms with Gasteiger partial charge in [-0.2, -0.15) is 5.10 Å². The summed E-state index contributed by atoms with van der Waals surface area (Å²) in [7, 11) is 0. The highest BCUT2D eigenvalue weighted by molar-refractivity contribution is 5.97. The van der Waals surface area contributed by atoms with Gasteiger partial charge in [0.1, 0.15) is 18.2 Å². The van der Waals surface area contributed by atoms with Crippen LogP contribution >= 0.6 is 0 Å². The Morgan fingerprint density at radius 2 is 1.96 bits per heavy atom. The van der Waals surface area contributed by atoms with Crippen LogP contribution in [0.3, 0.4) is 0 Å². The minimum atomic E-state index is -0.316. The van der Waals surface area contributed by atoms with E-state index in [1.54, 1.807) is 41.3 Å². The number of para-hydroxylation sites is 1. The summed E-state index contributed by atoms with van der Waals surface area (Å²) in [6, 6.07) is 14.6. The van der Waals surface area contributed by atoms with Crippen LogP contribution in [0.25, 0.3) is 5.69 Å². The molecule has 2 aromatic carbocycles. The van der Waals surface area contributed by atoms with Gasteiger partial charge < -0.3 is 10.1 Å². The van der Waals surface area contributed by atoms with Crippen molar-refractivity contribution in [2.45, 2.75) is 13.0 Å². The van der Waals surface area contributed by atoms with Crippen molar-refractivity contribution in [2.75, 3.05) is 6.61 Å². The number of nitrogens with zero attached hydrogens (tertiary/aromatic N) is 2. The van der Waals surface area contributed by atoms with Gasteiger partial charge in [0.15, 0.2) is 0 Å². The maximum absolute atomic E-state index is 12.9. The molecule has 6 heteroatoms. The zero-order valence-corrected chi connectivity index (χ0v) is 13.7. The summed E-state index contributed by atoms with van der Waals surface area (Å²) >= 11 is 0. The highest BCUT2D eigenvalue weighted by atomic mass is 19.1. The molecular weight excluding hydrogens is 321 g/mol. The van der Waals surface area contributed by atoms with E-state index in [-0.39, 0.29) is 24.4 Å². The van der Waals surface area contributed by atoms with E-state index < -0.39 is 0 Å². The number of ether oxygens (including phenoxy) is 1. The van der Waals surface area contributed by atoms with Crippen molar-refractivity contribution in [1.82, 2.24) is 15.1 Å². The van der Waals surface area contributed by atoms with Crippen molar-refractivity contribution >= 4 is 5.91 Å². The molecule has 0 aliphatic rings. The van der Waals surface area contributed by atoms with Gasteiger partial charge in [0.25, 0.3) is 5.91 Å². The van der Waals surface area contributed by atoms with Crippen molar-refractivity contribution < 1.29 is 13.9 Å². The van der Waals surface area contributed by atoms with Crippen LogP contribution in [-0.2, 0) is 0 Å². The molecule has 1 atom stereocenters. The lowest BCUT2D eigenvalue weighted by molar-refractivity contribution is 0.0926. The van der Waals surface area contributed by atoms with Crippen LogP contribution < -0.4 is 10.1 Å². The third kappa shape index (κ3) is 4.23. The lowest BCUT2D eigenvalue weighted by Crippen LogP contribution is -2.37. The molecule has 0 radical (unpaired) electrons. The van der Waals surface area contributed by atoms with E-state index in [9.17, 15) is 9.18 Å². The van der Waals surface area contributed by atoms with E-state index in [2.05, 4.69) is 10.4 Å². The van der Waals surface area contributed by atoms with Crippen molar-refractivity contribution in [3.63, 3.8) is 0 Å². The number of nitrogens with one attached hydrogen (secondary N) is 1. The summed E-state index contributed by atoms with van der Waals surface area (Å²) in [5.74, 6) is 0.0321. The molecule has 1 N–H and O–H groups in total. The summed E-state index contributed by atoms with van der Waals surface area (Å²) in [5, 5.41) is 7.07. The molecule has 1 heterocycles. The summed E-state index contributed by atoms with van der Waals surface area (Å²) < 4.78 is 20.1. The molecule has 3 aromatic rings. The monoisotopic (exact) mass is 339 g/mol. The lowest BCUT2D eigenvalue weighted by Gasteiger charge is -2.16. The van der Waals surface area contributed by atoms with Crippen molar-refractivity contribution in [3.8, 4) is 11.4 Å². The molecule has 1 aromatic heterocycles. The van der Waals surface area contributed by atoms with Crippen molar-refractivity contribution in [1.29, 1.82) is 0 Å². The van der Waals surface area contributed by atoms with E-state index in [0.29, 0.717) is 17.0 Å². The molecule has 1 unspecified atom stereocenters. The normalized spacial score (nSPS) is 11.8. The van der Waals surface area contributed by atoms with E-state index in [1.165, 1.54) is 12.1 Å². The largest absolute Gasteiger partial charge is 0.491 e. The Labute approximate surface area is 145 Å². The molecule has 25 heavy (non-hydrogen) atoms. The predicted octanol–water partition coefficient (Wildman–Crippen LogP) is 3.21. The molecule has 0 aliphatic heterocycles. The first kappa shape index (κ1) is 16.7. The zero-order chi connectivity index (χ0) is 17.6. The Balaban J connectivity index is 1.63. The lowest BCUT2D eigenvalue weighted by atomic mass is 10.1. The Hall–Kier alpha value is -3.15. The number of hydrogen-bond donors (Lipinski definition) is 1. The van der Waals surface area contributed by atoms with Crippen molar-refractivity contribution in [2.24, 2.45) is 0 Å². The summed E-state index contributed by atoms with van der Waals surface area (Å²) in [6.45, 7) is 2.12.